The van der Waals surface area contributed by atoms with Crippen molar-refractivity contribution in [2.45, 2.75) is 27.7 Å². The molecule has 0 aliphatic heterocycles. The van der Waals surface area contributed by atoms with Crippen LogP contribution in [0.1, 0.15) is 36.8 Å². The van der Waals surface area contributed by atoms with Crippen molar-refractivity contribution < 1.29 is 18.8 Å². The molecule has 0 fully saturated rings. The second-order valence-corrected chi connectivity index (χ2v) is 3.84. The summed E-state index contributed by atoms with van der Waals surface area (Å²) in [4.78, 5) is 23.1. The number of nitrogens with zero attached hydrogens (tertiary/aromatic N) is 1. The van der Waals surface area contributed by atoms with Crippen LogP contribution in [0.2, 0.25) is 0 Å². The van der Waals surface area contributed by atoms with E-state index in [9.17, 15) is 9.59 Å². The number of rotatable bonds is 4. The number of aryl methyl sites for hydroxylation is 1. The molecule has 1 heterocycles. The number of nitrogens with one attached hydrogen (secondary N) is 1. The molecule has 0 saturated heterocycles. The maximum absolute atomic E-state index is 11.6. The lowest BCUT2D eigenvalue weighted by atomic mass is 10.2. The number of ether oxygens (including phenoxy) is 1. The molecule has 0 aromatic carbocycles. The number of aromatic nitrogens is 1. The van der Waals surface area contributed by atoms with Crippen molar-refractivity contribution in [3.8, 4) is 0 Å². The molecule has 1 amide bonds. The van der Waals surface area contributed by atoms with Crippen molar-refractivity contribution in [1.29, 1.82) is 0 Å². The fourth-order valence-corrected chi connectivity index (χ4v) is 1.15. The quantitative estimate of drug-likeness (QED) is 0.811. The molecule has 1 aromatic heterocycles. The summed E-state index contributed by atoms with van der Waals surface area (Å²) < 4.78 is 9.76. The van der Waals surface area contributed by atoms with Crippen LogP contribution in [-0.4, -0.2) is 23.6 Å². The van der Waals surface area contributed by atoms with Gasteiger partial charge in [0.15, 0.2) is 0 Å². The first-order valence-corrected chi connectivity index (χ1v) is 5.41. The Morgan fingerprint density at radius 2 is 2.12 bits per heavy atom. The minimum absolute atomic E-state index is 0.0413. The van der Waals surface area contributed by atoms with Crippen LogP contribution >= 0.6 is 0 Å². The molecule has 1 aromatic rings. The first-order chi connectivity index (χ1) is 7.97. The minimum atomic E-state index is -0.551. The van der Waals surface area contributed by atoms with Crippen molar-refractivity contribution in [2.24, 2.45) is 5.92 Å². The van der Waals surface area contributed by atoms with E-state index in [1.165, 1.54) is 0 Å². The summed E-state index contributed by atoms with van der Waals surface area (Å²) in [5.74, 6) is -0.966. The number of carbonyl (C=O) groups excluding carboxylic acids is 2. The van der Waals surface area contributed by atoms with E-state index in [0.717, 1.165) is 0 Å². The number of carbonyl (C=O) groups is 2. The first-order valence-electron chi connectivity index (χ1n) is 5.41. The van der Waals surface area contributed by atoms with Gasteiger partial charge in [-0.15, -0.1) is 0 Å². The van der Waals surface area contributed by atoms with Gasteiger partial charge in [-0.05, 0) is 13.8 Å². The topological polar surface area (TPSA) is 81.4 Å². The number of anilines is 1. The average Bonchev–Trinajstić information content (AvgIpc) is 2.60. The predicted molar refractivity (Wildman–Crippen MR) is 60.7 cm³/mol. The lowest BCUT2D eigenvalue weighted by molar-refractivity contribution is -0.119. The molecule has 0 radical (unpaired) electrons. The van der Waals surface area contributed by atoms with Crippen molar-refractivity contribution in [1.82, 2.24) is 5.16 Å². The Kier molecular flexibility index (Phi) is 4.25. The van der Waals surface area contributed by atoms with Crippen molar-refractivity contribution in [3.05, 3.63) is 11.3 Å². The van der Waals surface area contributed by atoms with Crippen LogP contribution in [0.3, 0.4) is 0 Å². The molecule has 6 nitrogen and oxygen atoms in total. The van der Waals surface area contributed by atoms with Gasteiger partial charge in [-0.25, -0.2) is 4.79 Å². The predicted octanol–water partition coefficient (Wildman–Crippen LogP) is 1.75. The highest BCUT2D eigenvalue weighted by molar-refractivity contribution is 6.00. The van der Waals surface area contributed by atoms with E-state index in [2.05, 4.69) is 10.5 Å². The highest BCUT2D eigenvalue weighted by Crippen LogP contribution is 2.20. The number of esters is 1. The van der Waals surface area contributed by atoms with E-state index in [-0.39, 0.29) is 29.9 Å². The van der Waals surface area contributed by atoms with E-state index in [0.29, 0.717) is 5.69 Å². The lowest BCUT2D eigenvalue weighted by Crippen LogP contribution is -2.19. The van der Waals surface area contributed by atoms with Gasteiger partial charge < -0.3 is 9.26 Å². The molecule has 0 spiro atoms. The monoisotopic (exact) mass is 240 g/mol. The smallest absolute Gasteiger partial charge is 0.345 e. The van der Waals surface area contributed by atoms with Gasteiger partial charge in [0, 0.05) is 5.92 Å². The first kappa shape index (κ1) is 13.2. The molecule has 1 rings (SSSR count). The van der Waals surface area contributed by atoms with Gasteiger partial charge in [-0.1, -0.05) is 19.0 Å². The third-order valence-corrected chi connectivity index (χ3v) is 2.10. The van der Waals surface area contributed by atoms with Crippen LogP contribution in [0.15, 0.2) is 4.52 Å². The zero-order chi connectivity index (χ0) is 13.0. The van der Waals surface area contributed by atoms with E-state index in [1.54, 1.807) is 27.7 Å². The largest absolute Gasteiger partial charge is 0.462 e. The number of hydrogen-bond donors (Lipinski definition) is 1. The minimum Gasteiger partial charge on any atom is -0.462 e. The Bertz CT molecular complexity index is 423. The highest BCUT2D eigenvalue weighted by Gasteiger charge is 2.23. The van der Waals surface area contributed by atoms with Crippen LogP contribution in [0.25, 0.3) is 0 Å². The molecule has 0 saturated carbocycles. The van der Waals surface area contributed by atoms with Crippen LogP contribution in [0, 0.1) is 12.8 Å². The zero-order valence-electron chi connectivity index (χ0n) is 10.4. The van der Waals surface area contributed by atoms with Gasteiger partial charge in [0.25, 0.3) is 0 Å². The van der Waals surface area contributed by atoms with Crippen LogP contribution in [0.4, 0.5) is 5.88 Å². The van der Waals surface area contributed by atoms with Gasteiger partial charge in [-0.2, -0.15) is 0 Å². The summed E-state index contributed by atoms with van der Waals surface area (Å²) in [6.07, 6.45) is 0. The summed E-state index contributed by atoms with van der Waals surface area (Å²) in [7, 11) is 0. The molecular weight excluding hydrogens is 224 g/mol. The molecular formula is C11H16N2O4. The summed E-state index contributed by atoms with van der Waals surface area (Å²) in [5, 5.41) is 6.14. The lowest BCUT2D eigenvalue weighted by Gasteiger charge is -2.06. The van der Waals surface area contributed by atoms with E-state index >= 15 is 0 Å². The number of amides is 1. The molecule has 0 aliphatic carbocycles. The molecule has 0 unspecified atom stereocenters. The second-order valence-electron chi connectivity index (χ2n) is 3.84. The Morgan fingerprint density at radius 1 is 1.47 bits per heavy atom. The maximum atomic E-state index is 11.6. The molecule has 17 heavy (non-hydrogen) atoms. The third-order valence-electron chi connectivity index (χ3n) is 2.10. The van der Waals surface area contributed by atoms with E-state index in [4.69, 9.17) is 9.26 Å². The van der Waals surface area contributed by atoms with Gasteiger partial charge >= 0.3 is 5.97 Å². The molecule has 0 atom stereocenters. The number of hydrogen-bond acceptors (Lipinski definition) is 5. The van der Waals surface area contributed by atoms with Gasteiger partial charge in [0.1, 0.15) is 5.56 Å². The summed E-state index contributed by atoms with van der Waals surface area (Å²) in [6.45, 7) is 7.04. The maximum Gasteiger partial charge on any atom is 0.345 e. The Hall–Kier alpha value is -1.85. The van der Waals surface area contributed by atoms with E-state index < -0.39 is 5.97 Å². The Labute approximate surface area is 99.3 Å². The summed E-state index contributed by atoms with van der Waals surface area (Å²) >= 11 is 0. The fourth-order valence-electron chi connectivity index (χ4n) is 1.15. The van der Waals surface area contributed by atoms with Crippen LogP contribution in [0.5, 0.6) is 0 Å². The summed E-state index contributed by atoms with van der Waals surface area (Å²) in [5.41, 5.74) is 0.559. The normalized spacial score (nSPS) is 10.4. The second kappa shape index (κ2) is 5.47. The van der Waals surface area contributed by atoms with E-state index in [1.807, 2.05) is 0 Å². The highest BCUT2D eigenvalue weighted by atomic mass is 16.5. The zero-order valence-corrected chi connectivity index (χ0v) is 10.4. The van der Waals surface area contributed by atoms with Gasteiger partial charge in [-0.3, -0.25) is 10.1 Å². The Morgan fingerprint density at radius 3 is 2.65 bits per heavy atom. The molecule has 6 heteroatoms. The van der Waals surface area contributed by atoms with Crippen molar-refractivity contribution >= 4 is 17.8 Å². The van der Waals surface area contributed by atoms with Crippen LogP contribution < -0.4 is 5.32 Å². The standard InChI is InChI=1S/C11H16N2O4/c1-5-16-11(15)8-7(4)13-17-10(8)12-9(14)6(2)3/h6H,5H2,1-4H3,(H,12,14). The average molecular weight is 240 g/mol. The molecule has 0 aliphatic rings. The molecule has 94 valence electrons. The van der Waals surface area contributed by atoms with Gasteiger partial charge in [0.05, 0.1) is 12.3 Å². The fraction of sp³-hybridized carbons (Fsp3) is 0.545. The van der Waals surface area contributed by atoms with Crippen LogP contribution in [-0.2, 0) is 9.53 Å². The molecule has 1 N–H and O–H groups in total. The Balaban J connectivity index is 2.94. The van der Waals surface area contributed by atoms with Crippen molar-refractivity contribution in [3.63, 3.8) is 0 Å². The molecule has 0 bridgehead atoms. The SMILES string of the molecule is CCOC(=O)c1c(C)noc1NC(=O)C(C)C. The van der Waals surface area contributed by atoms with Crippen molar-refractivity contribution in [2.75, 3.05) is 11.9 Å². The summed E-state index contributed by atoms with van der Waals surface area (Å²) in [6, 6.07) is 0. The third kappa shape index (κ3) is 3.05. The van der Waals surface area contributed by atoms with Gasteiger partial charge in [0.2, 0.25) is 11.8 Å².